The van der Waals surface area contributed by atoms with Gasteiger partial charge in [-0.05, 0) is 237 Å². The molecule has 0 bridgehead atoms. The zero-order chi connectivity index (χ0) is 86.8. The highest BCUT2D eigenvalue weighted by Gasteiger charge is 2.43. The molecule has 0 amide bonds. The van der Waals surface area contributed by atoms with E-state index in [2.05, 4.69) is 492 Å². The minimum atomic E-state index is -2.78. The van der Waals surface area contributed by atoms with Crippen molar-refractivity contribution in [3.8, 4) is 84.3 Å². The van der Waals surface area contributed by atoms with Crippen LogP contribution in [0.1, 0.15) is 0 Å². The van der Waals surface area contributed by atoms with Gasteiger partial charge in [-0.15, -0.1) is 0 Å². The fourth-order valence-electron chi connectivity index (χ4n) is 20.3. The molecule has 2 aromatic heterocycles. The predicted molar refractivity (Wildman–Crippen MR) is 550 cm³/mol. The Morgan fingerprint density at radius 3 is 0.901 bits per heavy atom. The molecule has 0 unspecified atom stereocenters. The van der Waals surface area contributed by atoms with E-state index in [0.29, 0.717) is 0 Å². The highest BCUT2D eigenvalue weighted by molar-refractivity contribution is 7.20. The molecule has 0 aliphatic carbocycles. The van der Waals surface area contributed by atoms with Crippen molar-refractivity contribution >= 4 is 153 Å². The third-order valence-corrected chi connectivity index (χ3v) is 36.5. The van der Waals surface area contributed by atoms with Gasteiger partial charge in [0.2, 0.25) is 0 Å². The largest absolute Gasteiger partial charge is 0.453 e. The standard InChI is InChI=1S/C120H82N6O2SSi2/c1-9-29-92(30-10-1)125-110-45-25-27-47-115(110)127-117-81-90(61-76-112(117)125)83-49-63-94(64-50-83)123(95-65-51-84(52-66-95)91-62-77-113-118(82-91)128-116-48-28-26-46-111(116)126(113)93-31-11-2-12-32-93)114-78-73-105(119-120(114)122-129-121-119)87-53-67-96(68-54-87)124-108-74-59-88(85-55-69-103(70-56-85)130(97-33-13-3-14-34-97,98-35-15-4-16-36-98)99-37-17-5-18-38-99)79-106(108)107-80-89(60-75-109(107)124)86-57-71-104(72-58-86)131(100-39-19-6-20-40-100,101-41-21-7-22-42-101)102-43-23-8-24-44-102/h1-82H. The number of benzene rings is 20. The lowest BCUT2D eigenvalue weighted by atomic mass is 10.00. The van der Waals surface area contributed by atoms with Crippen molar-refractivity contribution in [1.82, 2.24) is 13.3 Å². The fraction of sp³-hybridized carbons (Fsp3) is 0. The van der Waals surface area contributed by atoms with Crippen LogP contribution < -0.4 is 65.7 Å². The van der Waals surface area contributed by atoms with Gasteiger partial charge in [0.15, 0.2) is 39.1 Å². The molecule has 2 aliphatic rings. The topological polar surface area (TPSA) is 58.9 Å². The van der Waals surface area contributed by atoms with E-state index in [1.54, 1.807) is 0 Å². The van der Waals surface area contributed by atoms with Crippen molar-refractivity contribution in [3.63, 3.8) is 0 Å². The monoisotopic (exact) mass is 1730 g/mol. The highest BCUT2D eigenvalue weighted by atomic mass is 32.1. The highest BCUT2D eigenvalue weighted by Crippen LogP contribution is 2.54. The summed E-state index contributed by atoms with van der Waals surface area (Å²) in [5.74, 6) is 3.17. The quantitative estimate of drug-likeness (QED) is 0.0590. The van der Waals surface area contributed by atoms with Crippen LogP contribution in [0.2, 0.25) is 0 Å². The Hall–Kier alpha value is -16.5. The van der Waals surface area contributed by atoms with E-state index < -0.39 is 16.1 Å². The molecule has 0 fully saturated rings. The Labute approximate surface area is 767 Å². The zero-order valence-electron chi connectivity index (χ0n) is 71.3. The molecule has 618 valence electrons. The van der Waals surface area contributed by atoms with E-state index in [1.165, 1.54) is 64.0 Å². The number of hydrogen-bond donors (Lipinski definition) is 0. The van der Waals surface area contributed by atoms with E-state index in [9.17, 15) is 0 Å². The minimum absolute atomic E-state index is 0.783. The molecule has 0 saturated heterocycles. The van der Waals surface area contributed by atoms with Gasteiger partial charge in [-0.1, -0.05) is 352 Å². The molecule has 20 aromatic carbocycles. The number of para-hydroxylation sites is 6. The molecule has 4 heterocycles. The van der Waals surface area contributed by atoms with E-state index in [0.717, 1.165) is 158 Å². The summed E-state index contributed by atoms with van der Waals surface area (Å²) in [6.07, 6.45) is 0. The van der Waals surface area contributed by atoms with Gasteiger partial charge in [0.05, 0.1) is 51.2 Å². The first-order valence-corrected chi connectivity index (χ1v) is 49.2. The van der Waals surface area contributed by atoms with Gasteiger partial charge in [0.25, 0.3) is 0 Å². The summed E-state index contributed by atoms with van der Waals surface area (Å²) in [7, 11) is -5.57. The molecular weight excluding hydrogens is 1650 g/mol. The lowest BCUT2D eigenvalue weighted by Crippen LogP contribution is -2.74. The molecule has 2 aliphatic heterocycles. The van der Waals surface area contributed by atoms with Crippen LogP contribution in [0.25, 0.3) is 94.2 Å². The first-order chi connectivity index (χ1) is 64.9. The Morgan fingerprint density at radius 1 is 0.221 bits per heavy atom. The molecular formula is C120H82N6O2SSi2. The van der Waals surface area contributed by atoms with Gasteiger partial charge in [-0.25, -0.2) is 0 Å². The van der Waals surface area contributed by atoms with Crippen LogP contribution in [0, 0.1) is 0 Å². The summed E-state index contributed by atoms with van der Waals surface area (Å²) < 4.78 is 26.3. The molecule has 8 nitrogen and oxygen atoms in total. The fourth-order valence-corrected chi connectivity index (χ4v) is 30.3. The van der Waals surface area contributed by atoms with E-state index >= 15 is 0 Å². The number of rotatable bonds is 19. The third-order valence-electron chi connectivity index (χ3n) is 26.4. The maximum atomic E-state index is 6.74. The summed E-state index contributed by atoms with van der Waals surface area (Å²) >= 11 is 1.24. The van der Waals surface area contributed by atoms with E-state index in [1.807, 2.05) is 24.3 Å². The molecule has 24 rings (SSSR count). The van der Waals surface area contributed by atoms with Gasteiger partial charge in [0, 0.05) is 44.8 Å². The predicted octanol–water partition coefficient (Wildman–Crippen LogP) is 26.5. The van der Waals surface area contributed by atoms with Crippen LogP contribution in [0.3, 0.4) is 0 Å². The van der Waals surface area contributed by atoms with Crippen LogP contribution in [0.4, 0.5) is 51.2 Å². The number of anilines is 9. The molecule has 0 N–H and O–H groups in total. The van der Waals surface area contributed by atoms with Crippen molar-refractivity contribution in [2.24, 2.45) is 0 Å². The number of fused-ring (bicyclic) bond motifs is 8. The summed E-state index contributed by atoms with van der Waals surface area (Å²) in [5, 5.41) is 13.1. The van der Waals surface area contributed by atoms with Gasteiger partial charge >= 0.3 is 0 Å². The number of aromatic nitrogens is 3. The Balaban J connectivity index is 0.605. The average molecular weight is 1730 g/mol. The first-order valence-electron chi connectivity index (χ1n) is 44.5. The number of hydrogen-bond acceptors (Lipinski definition) is 8. The Kier molecular flexibility index (Phi) is 19.7. The van der Waals surface area contributed by atoms with E-state index in [4.69, 9.17) is 18.2 Å². The summed E-state index contributed by atoms with van der Waals surface area (Å²) in [5.41, 5.74) is 24.5. The number of nitrogens with zero attached hydrogens (tertiary/aromatic N) is 6. The molecule has 0 spiro atoms. The van der Waals surface area contributed by atoms with Crippen LogP contribution in [-0.4, -0.2) is 29.5 Å². The summed E-state index contributed by atoms with van der Waals surface area (Å²) in [6, 6.07) is 182. The van der Waals surface area contributed by atoms with Gasteiger partial charge in [0.1, 0.15) is 11.0 Å². The summed E-state index contributed by atoms with van der Waals surface area (Å²) in [4.78, 5) is 6.87. The molecule has 131 heavy (non-hydrogen) atoms. The second-order valence-corrected chi connectivity index (χ2v) is 41.7. The van der Waals surface area contributed by atoms with Crippen molar-refractivity contribution < 1.29 is 9.47 Å². The molecule has 22 aromatic rings. The van der Waals surface area contributed by atoms with Crippen molar-refractivity contribution in [3.05, 3.63) is 497 Å². The van der Waals surface area contributed by atoms with Gasteiger partial charge in [-0.2, -0.15) is 8.75 Å². The second-order valence-electron chi connectivity index (χ2n) is 33.6. The molecule has 0 radical (unpaired) electrons. The SMILES string of the molecule is c1ccc(N2c3ccccc3Oc3cc(-c4ccc(N(c5ccc(-c6ccc7c(c6)Oc6ccccc6N7c6ccccc6)cc5)c5ccc(-c6ccc(-n7c8ccc(-c9ccc([Si](c%10ccccc%10)(c%10ccccc%10)c%10ccccc%10)cc9)cc8c8cc(-c9ccc([Si](c%10ccccc%10)(c%10ccccc%10)c%10ccccc%10)cc9)ccc87)cc6)c6nsnc56)cc4)ccc32)cc1. The van der Waals surface area contributed by atoms with E-state index in [-0.39, 0.29) is 0 Å². The second kappa shape index (κ2) is 33.0. The van der Waals surface area contributed by atoms with Crippen molar-refractivity contribution in [2.45, 2.75) is 0 Å². The lowest BCUT2D eigenvalue weighted by molar-refractivity contribution is 0.477. The lowest BCUT2D eigenvalue weighted by Gasteiger charge is -2.34. The average Bonchev–Trinajstić information content (AvgIpc) is 1.73. The maximum absolute atomic E-state index is 6.74. The molecule has 11 heteroatoms. The van der Waals surface area contributed by atoms with Crippen LogP contribution in [-0.2, 0) is 0 Å². The normalized spacial score (nSPS) is 12.2. The van der Waals surface area contributed by atoms with Gasteiger partial charge < -0.3 is 28.7 Å². The Morgan fingerprint density at radius 2 is 0.519 bits per heavy atom. The minimum Gasteiger partial charge on any atom is -0.453 e. The van der Waals surface area contributed by atoms with Crippen molar-refractivity contribution in [2.75, 3.05) is 14.7 Å². The molecule has 0 atom stereocenters. The van der Waals surface area contributed by atoms with Crippen LogP contribution in [0.15, 0.2) is 497 Å². The maximum Gasteiger partial charge on any atom is 0.179 e. The first kappa shape index (κ1) is 78.0. The Bertz CT molecular complexity index is 7380. The number of ether oxygens (including phenoxy) is 2. The van der Waals surface area contributed by atoms with Crippen LogP contribution in [0.5, 0.6) is 23.0 Å². The van der Waals surface area contributed by atoms with Crippen molar-refractivity contribution in [1.29, 1.82) is 0 Å². The van der Waals surface area contributed by atoms with Crippen LogP contribution >= 0.6 is 11.7 Å². The zero-order valence-corrected chi connectivity index (χ0v) is 74.1. The molecule has 0 saturated carbocycles. The summed E-state index contributed by atoms with van der Waals surface area (Å²) in [6.45, 7) is 0. The van der Waals surface area contributed by atoms with Gasteiger partial charge in [-0.3, -0.25) is 0 Å². The smallest absolute Gasteiger partial charge is 0.179 e. The third kappa shape index (κ3) is 13.6.